The van der Waals surface area contributed by atoms with E-state index in [4.69, 9.17) is 5.73 Å². The first kappa shape index (κ1) is 18.7. The van der Waals surface area contributed by atoms with E-state index in [0.29, 0.717) is 16.3 Å². The maximum Gasteiger partial charge on any atom is 0.261 e. The number of aromatic amines is 1. The number of benzene rings is 2. The van der Waals surface area contributed by atoms with Gasteiger partial charge in [-0.25, -0.2) is 4.98 Å². The number of H-pyrrole nitrogens is 1. The van der Waals surface area contributed by atoms with Gasteiger partial charge in [-0.3, -0.25) is 9.59 Å². The normalized spacial score (nSPS) is 10.6. The van der Waals surface area contributed by atoms with Gasteiger partial charge in [-0.05, 0) is 31.0 Å². The summed E-state index contributed by atoms with van der Waals surface area (Å²) in [7, 11) is 0. The molecule has 1 aromatic heterocycles. The molecular formula is C20H20N4O2S. The Kier molecular flexibility index (Phi) is 5.61. The Morgan fingerprint density at radius 2 is 1.93 bits per heavy atom. The third-order valence-electron chi connectivity index (χ3n) is 3.98. The highest BCUT2D eigenvalue weighted by Gasteiger charge is 2.13. The molecule has 0 saturated carbocycles. The van der Waals surface area contributed by atoms with Crippen molar-refractivity contribution in [2.75, 3.05) is 16.8 Å². The van der Waals surface area contributed by atoms with Gasteiger partial charge in [0.05, 0.1) is 11.3 Å². The molecule has 0 spiro atoms. The number of aryl methyl sites for hydroxylation is 2. The second kappa shape index (κ2) is 8.09. The number of nitrogen functional groups attached to an aromatic ring is 1. The van der Waals surface area contributed by atoms with Gasteiger partial charge in [0.2, 0.25) is 5.91 Å². The van der Waals surface area contributed by atoms with Crippen molar-refractivity contribution in [3.8, 4) is 11.1 Å². The summed E-state index contributed by atoms with van der Waals surface area (Å²) in [4.78, 5) is 31.5. The highest BCUT2D eigenvalue weighted by atomic mass is 32.2. The van der Waals surface area contributed by atoms with Gasteiger partial charge in [0.1, 0.15) is 5.82 Å². The van der Waals surface area contributed by atoms with Crippen molar-refractivity contribution in [1.82, 2.24) is 9.97 Å². The summed E-state index contributed by atoms with van der Waals surface area (Å²) in [5, 5.41) is 3.18. The number of aromatic nitrogens is 2. The van der Waals surface area contributed by atoms with E-state index >= 15 is 0 Å². The lowest BCUT2D eigenvalue weighted by atomic mass is 10.1. The van der Waals surface area contributed by atoms with E-state index in [2.05, 4.69) is 15.3 Å². The first-order chi connectivity index (χ1) is 12.9. The van der Waals surface area contributed by atoms with Crippen LogP contribution in [0.5, 0.6) is 0 Å². The topological polar surface area (TPSA) is 101 Å². The van der Waals surface area contributed by atoms with Crippen LogP contribution in [-0.2, 0) is 4.79 Å². The molecule has 1 amide bonds. The molecule has 3 rings (SSSR count). The summed E-state index contributed by atoms with van der Waals surface area (Å²) < 4.78 is 0. The maximum absolute atomic E-state index is 12.4. The molecule has 2 aromatic carbocycles. The number of hydrogen-bond acceptors (Lipinski definition) is 5. The van der Waals surface area contributed by atoms with Crippen LogP contribution < -0.4 is 16.6 Å². The minimum Gasteiger partial charge on any atom is -0.383 e. The van der Waals surface area contributed by atoms with Crippen LogP contribution in [0.1, 0.15) is 11.1 Å². The molecule has 0 fully saturated rings. The number of nitrogens with one attached hydrogen (secondary N) is 2. The lowest BCUT2D eigenvalue weighted by molar-refractivity contribution is -0.113. The zero-order valence-corrected chi connectivity index (χ0v) is 15.9. The monoisotopic (exact) mass is 380 g/mol. The average Bonchev–Trinajstić information content (AvgIpc) is 2.63. The Hall–Kier alpha value is -3.06. The van der Waals surface area contributed by atoms with E-state index in [0.717, 1.165) is 28.6 Å². The SMILES string of the molecule is Cc1ccc(NC(=O)CSc2nc(N)c(-c3ccccc3)c(=O)[nH]2)c(C)c1. The van der Waals surface area contributed by atoms with E-state index in [1.807, 2.05) is 50.2 Å². The lowest BCUT2D eigenvalue weighted by Crippen LogP contribution is -2.18. The fourth-order valence-electron chi connectivity index (χ4n) is 2.70. The van der Waals surface area contributed by atoms with E-state index in [1.165, 1.54) is 0 Å². The Morgan fingerprint density at radius 3 is 2.59 bits per heavy atom. The number of carbonyl (C=O) groups excluding carboxylic acids is 1. The van der Waals surface area contributed by atoms with Crippen LogP contribution in [0, 0.1) is 13.8 Å². The van der Waals surface area contributed by atoms with Crippen molar-refractivity contribution >= 4 is 29.2 Å². The minimum atomic E-state index is -0.328. The van der Waals surface area contributed by atoms with Crippen LogP contribution in [-0.4, -0.2) is 21.6 Å². The molecule has 6 nitrogen and oxygen atoms in total. The summed E-state index contributed by atoms with van der Waals surface area (Å²) in [5.74, 6) is 0.0722. The van der Waals surface area contributed by atoms with Crippen molar-refractivity contribution in [2.24, 2.45) is 0 Å². The fraction of sp³-hybridized carbons (Fsp3) is 0.150. The van der Waals surface area contributed by atoms with E-state index in [-0.39, 0.29) is 23.0 Å². The van der Waals surface area contributed by atoms with Crippen molar-refractivity contribution in [3.63, 3.8) is 0 Å². The molecule has 0 atom stereocenters. The standard InChI is InChI=1S/C20H20N4O2S/c1-12-8-9-15(13(2)10-12)22-16(25)11-27-20-23-18(21)17(19(26)24-20)14-6-4-3-5-7-14/h3-10H,11H2,1-2H3,(H,22,25)(H3,21,23,24,26). The van der Waals surface area contributed by atoms with Crippen LogP contribution in [0.25, 0.3) is 11.1 Å². The Bertz CT molecular complexity index is 1030. The number of rotatable bonds is 5. The molecule has 0 unspecified atom stereocenters. The van der Waals surface area contributed by atoms with Crippen LogP contribution in [0.15, 0.2) is 58.5 Å². The minimum absolute atomic E-state index is 0.111. The Morgan fingerprint density at radius 1 is 1.19 bits per heavy atom. The van der Waals surface area contributed by atoms with E-state index < -0.39 is 0 Å². The van der Waals surface area contributed by atoms with Gasteiger partial charge in [0, 0.05) is 5.69 Å². The zero-order valence-electron chi connectivity index (χ0n) is 15.1. The first-order valence-electron chi connectivity index (χ1n) is 8.39. The molecular weight excluding hydrogens is 360 g/mol. The van der Waals surface area contributed by atoms with Gasteiger partial charge in [-0.15, -0.1) is 0 Å². The number of thioether (sulfide) groups is 1. The second-order valence-corrected chi connectivity index (χ2v) is 7.12. The molecule has 7 heteroatoms. The summed E-state index contributed by atoms with van der Waals surface area (Å²) in [6.45, 7) is 3.94. The maximum atomic E-state index is 12.4. The molecule has 0 aliphatic rings. The number of nitrogens with zero attached hydrogens (tertiary/aromatic N) is 1. The van der Waals surface area contributed by atoms with Gasteiger partial charge < -0.3 is 16.0 Å². The third-order valence-corrected chi connectivity index (χ3v) is 4.86. The number of nitrogens with two attached hydrogens (primary N) is 1. The molecule has 4 N–H and O–H groups in total. The molecule has 0 aliphatic heterocycles. The quantitative estimate of drug-likeness (QED) is 0.465. The van der Waals surface area contributed by atoms with Crippen molar-refractivity contribution in [1.29, 1.82) is 0 Å². The van der Waals surface area contributed by atoms with Gasteiger partial charge in [0.25, 0.3) is 5.56 Å². The zero-order chi connectivity index (χ0) is 19.4. The van der Waals surface area contributed by atoms with Crippen LogP contribution >= 0.6 is 11.8 Å². The molecule has 138 valence electrons. The highest BCUT2D eigenvalue weighted by Crippen LogP contribution is 2.22. The van der Waals surface area contributed by atoms with E-state index in [9.17, 15) is 9.59 Å². The average molecular weight is 380 g/mol. The first-order valence-corrected chi connectivity index (χ1v) is 9.37. The molecule has 3 aromatic rings. The predicted octanol–water partition coefficient (Wildman–Crippen LogP) is 3.37. The number of anilines is 2. The van der Waals surface area contributed by atoms with Crippen LogP contribution in [0.3, 0.4) is 0 Å². The lowest BCUT2D eigenvalue weighted by Gasteiger charge is -2.09. The van der Waals surface area contributed by atoms with Crippen molar-refractivity contribution in [3.05, 3.63) is 70.0 Å². The van der Waals surface area contributed by atoms with Gasteiger partial charge in [-0.2, -0.15) is 0 Å². The summed E-state index contributed by atoms with van der Waals surface area (Å²) in [6.07, 6.45) is 0. The van der Waals surface area contributed by atoms with Gasteiger partial charge in [-0.1, -0.05) is 59.8 Å². The second-order valence-electron chi connectivity index (χ2n) is 6.15. The Labute approximate surface area is 161 Å². The van der Waals surface area contributed by atoms with Gasteiger partial charge >= 0.3 is 0 Å². The molecule has 0 aliphatic carbocycles. The highest BCUT2D eigenvalue weighted by molar-refractivity contribution is 7.99. The van der Waals surface area contributed by atoms with Crippen LogP contribution in [0.2, 0.25) is 0 Å². The van der Waals surface area contributed by atoms with Crippen molar-refractivity contribution in [2.45, 2.75) is 19.0 Å². The molecule has 0 bridgehead atoms. The Balaban J connectivity index is 1.69. The number of hydrogen-bond donors (Lipinski definition) is 3. The van der Waals surface area contributed by atoms with E-state index in [1.54, 1.807) is 12.1 Å². The third kappa shape index (κ3) is 4.57. The summed E-state index contributed by atoms with van der Waals surface area (Å²) >= 11 is 1.13. The fourth-order valence-corrected chi connectivity index (χ4v) is 3.36. The molecule has 0 radical (unpaired) electrons. The molecule has 27 heavy (non-hydrogen) atoms. The molecule has 0 saturated heterocycles. The van der Waals surface area contributed by atoms with Gasteiger partial charge in [0.15, 0.2) is 5.16 Å². The molecule has 1 heterocycles. The van der Waals surface area contributed by atoms with Crippen molar-refractivity contribution < 1.29 is 4.79 Å². The predicted molar refractivity (Wildman–Crippen MR) is 110 cm³/mol. The van der Waals surface area contributed by atoms with Crippen LogP contribution in [0.4, 0.5) is 11.5 Å². The summed E-state index contributed by atoms with van der Waals surface area (Å²) in [5.41, 5.74) is 9.58. The largest absolute Gasteiger partial charge is 0.383 e. The smallest absolute Gasteiger partial charge is 0.261 e. The number of carbonyl (C=O) groups is 1. The number of amides is 1. The summed E-state index contributed by atoms with van der Waals surface area (Å²) in [6, 6.07) is 14.9.